The fourth-order valence-electron chi connectivity index (χ4n) is 1.88. The second-order valence-electron chi connectivity index (χ2n) is 4.19. The Hall–Kier alpha value is -3.09. The van der Waals surface area contributed by atoms with Crippen LogP contribution < -0.4 is 10.5 Å². The van der Waals surface area contributed by atoms with Gasteiger partial charge in [-0.1, -0.05) is 0 Å². The largest absolute Gasteiger partial charge is 0.480 e. The van der Waals surface area contributed by atoms with E-state index < -0.39 is 0 Å². The molecular formula is C14H12N6O. The summed E-state index contributed by atoms with van der Waals surface area (Å²) in [6.45, 7) is 0. The summed E-state index contributed by atoms with van der Waals surface area (Å²) in [7, 11) is 1.54. The molecule has 0 unspecified atom stereocenters. The van der Waals surface area contributed by atoms with Crippen LogP contribution >= 0.6 is 0 Å². The molecule has 0 saturated carbocycles. The molecule has 3 heterocycles. The van der Waals surface area contributed by atoms with Crippen molar-refractivity contribution in [2.75, 3.05) is 12.8 Å². The first-order valence-electron chi connectivity index (χ1n) is 6.19. The first-order chi connectivity index (χ1) is 10.3. The van der Waals surface area contributed by atoms with E-state index in [9.17, 15) is 0 Å². The van der Waals surface area contributed by atoms with Crippen molar-refractivity contribution in [1.82, 2.24) is 25.1 Å². The lowest BCUT2D eigenvalue weighted by molar-refractivity contribution is 0.392. The van der Waals surface area contributed by atoms with E-state index in [1.165, 1.54) is 7.11 Å². The van der Waals surface area contributed by atoms with Crippen LogP contribution in [0.2, 0.25) is 0 Å². The Balaban J connectivity index is 2.13. The number of nitrogens with two attached hydrogens (primary N) is 1. The van der Waals surface area contributed by atoms with Crippen LogP contribution in [0.1, 0.15) is 0 Å². The lowest BCUT2D eigenvalue weighted by Gasteiger charge is -2.08. The number of aromatic nitrogens is 5. The van der Waals surface area contributed by atoms with E-state index >= 15 is 0 Å². The Morgan fingerprint density at radius 1 is 1.10 bits per heavy atom. The number of ether oxygens (including phenoxy) is 1. The van der Waals surface area contributed by atoms with Gasteiger partial charge in [0.05, 0.1) is 18.5 Å². The van der Waals surface area contributed by atoms with E-state index in [1.807, 2.05) is 12.1 Å². The normalized spacial score (nSPS) is 10.3. The Labute approximate surface area is 120 Å². The smallest absolute Gasteiger partial charge is 0.233 e. The van der Waals surface area contributed by atoms with Crippen LogP contribution in [0.5, 0.6) is 5.88 Å². The van der Waals surface area contributed by atoms with E-state index in [0.29, 0.717) is 17.3 Å². The minimum absolute atomic E-state index is 0.194. The van der Waals surface area contributed by atoms with E-state index in [2.05, 4.69) is 25.1 Å². The van der Waals surface area contributed by atoms with Gasteiger partial charge in [-0.2, -0.15) is 0 Å². The average Bonchev–Trinajstić information content (AvgIpc) is 2.56. The van der Waals surface area contributed by atoms with Crippen molar-refractivity contribution in [1.29, 1.82) is 0 Å². The van der Waals surface area contributed by atoms with Crippen LogP contribution in [-0.4, -0.2) is 32.3 Å². The third kappa shape index (κ3) is 2.62. The molecule has 0 aromatic carbocycles. The number of methoxy groups -OCH3 is 1. The van der Waals surface area contributed by atoms with Crippen LogP contribution in [0.15, 0.2) is 42.9 Å². The molecule has 7 nitrogen and oxygen atoms in total. The monoisotopic (exact) mass is 280 g/mol. The predicted molar refractivity (Wildman–Crippen MR) is 77.3 cm³/mol. The van der Waals surface area contributed by atoms with Crippen LogP contribution in [0.4, 0.5) is 5.95 Å². The van der Waals surface area contributed by atoms with Crippen molar-refractivity contribution in [3.63, 3.8) is 0 Å². The minimum Gasteiger partial charge on any atom is -0.480 e. The Morgan fingerprint density at radius 3 is 2.67 bits per heavy atom. The van der Waals surface area contributed by atoms with E-state index in [-0.39, 0.29) is 5.95 Å². The maximum absolute atomic E-state index is 5.69. The molecule has 21 heavy (non-hydrogen) atoms. The molecule has 7 heteroatoms. The fraction of sp³-hybridized carbons (Fsp3) is 0.0714. The lowest BCUT2D eigenvalue weighted by Crippen LogP contribution is -2.00. The van der Waals surface area contributed by atoms with Gasteiger partial charge in [-0.15, -0.1) is 10.2 Å². The molecule has 0 fully saturated rings. The molecule has 2 N–H and O–H groups in total. The summed E-state index contributed by atoms with van der Waals surface area (Å²) in [5.41, 5.74) is 8.55. The van der Waals surface area contributed by atoms with Crippen molar-refractivity contribution in [2.45, 2.75) is 0 Å². The zero-order chi connectivity index (χ0) is 14.7. The van der Waals surface area contributed by atoms with Crippen molar-refractivity contribution in [3.05, 3.63) is 42.9 Å². The topological polar surface area (TPSA) is 99.7 Å². The van der Waals surface area contributed by atoms with Gasteiger partial charge in [0, 0.05) is 35.8 Å². The highest BCUT2D eigenvalue weighted by Gasteiger charge is 2.12. The Morgan fingerprint density at radius 2 is 2.00 bits per heavy atom. The molecule has 0 aliphatic rings. The third-order valence-electron chi connectivity index (χ3n) is 2.87. The average molecular weight is 280 g/mol. The van der Waals surface area contributed by atoms with Crippen molar-refractivity contribution in [2.24, 2.45) is 0 Å². The summed E-state index contributed by atoms with van der Waals surface area (Å²) in [6.07, 6.45) is 5.03. The third-order valence-corrected chi connectivity index (χ3v) is 2.87. The molecule has 3 rings (SSSR count). The quantitative estimate of drug-likeness (QED) is 0.777. The lowest BCUT2D eigenvalue weighted by atomic mass is 10.1. The van der Waals surface area contributed by atoms with Gasteiger partial charge in [0.2, 0.25) is 11.8 Å². The Bertz CT molecular complexity index is 745. The fourth-order valence-corrected chi connectivity index (χ4v) is 1.88. The second-order valence-corrected chi connectivity index (χ2v) is 4.19. The van der Waals surface area contributed by atoms with Crippen molar-refractivity contribution in [3.8, 4) is 28.4 Å². The molecule has 104 valence electrons. The molecule has 3 aromatic heterocycles. The van der Waals surface area contributed by atoms with Gasteiger partial charge in [0.1, 0.15) is 0 Å². The minimum atomic E-state index is 0.194. The summed E-state index contributed by atoms with van der Waals surface area (Å²) in [6, 6.07) is 7.25. The zero-order valence-electron chi connectivity index (χ0n) is 11.3. The van der Waals surface area contributed by atoms with Gasteiger partial charge in [0.25, 0.3) is 0 Å². The molecule has 0 aliphatic heterocycles. The molecule has 0 atom stereocenters. The number of nitrogens with zero attached hydrogens (tertiary/aromatic N) is 5. The highest BCUT2D eigenvalue weighted by Crippen LogP contribution is 2.28. The molecule has 0 radical (unpaired) electrons. The van der Waals surface area contributed by atoms with E-state index in [0.717, 1.165) is 11.1 Å². The Kier molecular flexibility index (Phi) is 3.38. The van der Waals surface area contributed by atoms with Crippen molar-refractivity contribution < 1.29 is 4.74 Å². The van der Waals surface area contributed by atoms with Gasteiger partial charge >= 0.3 is 0 Å². The summed E-state index contributed by atoms with van der Waals surface area (Å²) < 4.78 is 5.00. The van der Waals surface area contributed by atoms with Gasteiger partial charge in [-0.05, 0) is 18.2 Å². The maximum atomic E-state index is 5.69. The summed E-state index contributed by atoms with van der Waals surface area (Å²) in [4.78, 5) is 12.4. The standard InChI is InChI=1S/C14H12N6O/c1-21-12-5-4-11(19-20-12)10-8-17-14(15)18-13(10)9-3-2-6-16-7-9/h2-8H,1H3,(H2,15,17,18). The zero-order valence-corrected chi connectivity index (χ0v) is 11.3. The van der Waals surface area contributed by atoms with E-state index in [4.69, 9.17) is 10.5 Å². The number of hydrogen-bond donors (Lipinski definition) is 1. The summed E-state index contributed by atoms with van der Waals surface area (Å²) in [5.74, 6) is 0.636. The molecule has 0 amide bonds. The van der Waals surface area contributed by atoms with Crippen LogP contribution in [-0.2, 0) is 0 Å². The number of rotatable bonds is 3. The SMILES string of the molecule is COc1ccc(-c2cnc(N)nc2-c2cccnc2)nn1. The van der Waals surface area contributed by atoms with Crippen LogP contribution in [0.25, 0.3) is 22.5 Å². The van der Waals surface area contributed by atoms with Crippen molar-refractivity contribution >= 4 is 5.95 Å². The molecule has 0 saturated heterocycles. The number of anilines is 1. The van der Waals surface area contributed by atoms with Gasteiger partial charge in [-0.3, -0.25) is 4.98 Å². The number of pyridine rings is 1. The van der Waals surface area contributed by atoms with Gasteiger partial charge in [0.15, 0.2) is 0 Å². The molecule has 3 aromatic rings. The van der Waals surface area contributed by atoms with Gasteiger partial charge < -0.3 is 10.5 Å². The van der Waals surface area contributed by atoms with Crippen LogP contribution in [0, 0.1) is 0 Å². The van der Waals surface area contributed by atoms with E-state index in [1.54, 1.807) is 30.7 Å². The predicted octanol–water partition coefficient (Wildman–Crippen LogP) is 1.59. The first kappa shape index (κ1) is 12.9. The van der Waals surface area contributed by atoms with Crippen LogP contribution in [0.3, 0.4) is 0 Å². The molecular weight excluding hydrogens is 268 g/mol. The van der Waals surface area contributed by atoms with Gasteiger partial charge in [-0.25, -0.2) is 9.97 Å². The molecule has 0 bridgehead atoms. The summed E-state index contributed by atoms with van der Waals surface area (Å²) in [5, 5.41) is 8.08. The summed E-state index contributed by atoms with van der Waals surface area (Å²) >= 11 is 0. The number of hydrogen-bond acceptors (Lipinski definition) is 7. The highest BCUT2D eigenvalue weighted by molar-refractivity contribution is 5.78. The number of nitrogen functional groups attached to an aromatic ring is 1. The molecule has 0 spiro atoms. The maximum Gasteiger partial charge on any atom is 0.233 e. The second kappa shape index (κ2) is 5.49. The molecule has 0 aliphatic carbocycles. The highest BCUT2D eigenvalue weighted by atomic mass is 16.5. The first-order valence-corrected chi connectivity index (χ1v) is 6.19.